The van der Waals surface area contributed by atoms with Gasteiger partial charge in [-0.1, -0.05) is 33.4 Å². The molecule has 3 aliphatic carbocycles. The molecule has 3 rings (SSSR count). The summed E-state index contributed by atoms with van der Waals surface area (Å²) in [4.78, 5) is 0. The lowest BCUT2D eigenvalue weighted by molar-refractivity contribution is 0.0520. The Morgan fingerprint density at radius 1 is 0.778 bits per heavy atom. The summed E-state index contributed by atoms with van der Waals surface area (Å²) in [7, 11) is -0.0802. The van der Waals surface area contributed by atoms with Gasteiger partial charge in [-0.3, -0.25) is 0 Å². The van der Waals surface area contributed by atoms with Crippen LogP contribution in [0.15, 0.2) is 0 Å². The van der Waals surface area contributed by atoms with Gasteiger partial charge in [-0.2, -0.15) is 0 Å². The second-order valence-corrected chi connectivity index (χ2v) is 10.9. The molecule has 0 amide bonds. The summed E-state index contributed by atoms with van der Waals surface area (Å²) in [6, 6.07) is 0. The summed E-state index contributed by atoms with van der Waals surface area (Å²) in [5, 5.41) is 0. The van der Waals surface area contributed by atoms with Crippen LogP contribution in [0.4, 0.5) is 0 Å². The van der Waals surface area contributed by atoms with E-state index in [9.17, 15) is 0 Å². The Balaban J connectivity index is 1.79. The zero-order chi connectivity index (χ0) is 12.9. The van der Waals surface area contributed by atoms with Crippen molar-refractivity contribution in [1.82, 2.24) is 0 Å². The average Bonchev–Trinajstić information content (AvgIpc) is 2.65. The first-order valence-corrected chi connectivity index (χ1v) is 11.0. The van der Waals surface area contributed by atoms with Crippen LogP contribution in [0.5, 0.6) is 0 Å². The Morgan fingerprint density at radius 3 is 2.22 bits per heavy atom. The second-order valence-electron chi connectivity index (χ2n) is 8.06. The lowest BCUT2D eigenvalue weighted by Crippen LogP contribution is -2.38. The van der Waals surface area contributed by atoms with Gasteiger partial charge in [0.15, 0.2) is 0 Å². The van der Waals surface area contributed by atoms with Crippen molar-refractivity contribution in [2.75, 3.05) is 0 Å². The van der Waals surface area contributed by atoms with Crippen LogP contribution in [-0.4, -0.2) is 8.80 Å². The minimum atomic E-state index is -0.0802. The molecule has 0 N–H and O–H groups in total. The molecule has 0 aromatic carbocycles. The van der Waals surface area contributed by atoms with E-state index in [1.807, 2.05) is 0 Å². The first-order chi connectivity index (χ1) is 8.58. The third-order valence-corrected chi connectivity index (χ3v) is 9.00. The van der Waals surface area contributed by atoms with Gasteiger partial charge in [-0.05, 0) is 73.2 Å². The van der Waals surface area contributed by atoms with Crippen molar-refractivity contribution in [2.45, 2.75) is 71.0 Å². The zero-order valence-electron chi connectivity index (χ0n) is 12.8. The molecule has 3 saturated carbocycles. The van der Waals surface area contributed by atoms with Gasteiger partial charge in [0.05, 0.1) is 0 Å². The fourth-order valence-electron chi connectivity index (χ4n) is 6.10. The highest BCUT2D eigenvalue weighted by atomic mass is 28.3. The van der Waals surface area contributed by atoms with E-state index in [0.717, 1.165) is 41.0 Å². The molecule has 0 bridgehead atoms. The molecule has 0 spiro atoms. The molecule has 0 heterocycles. The molecule has 1 heteroatoms. The van der Waals surface area contributed by atoms with Crippen molar-refractivity contribution in [1.29, 1.82) is 0 Å². The molecule has 0 aromatic heterocycles. The summed E-state index contributed by atoms with van der Waals surface area (Å²) < 4.78 is 0. The molecular formula is C17H31Si. The van der Waals surface area contributed by atoms with E-state index in [4.69, 9.17) is 0 Å². The van der Waals surface area contributed by atoms with E-state index >= 15 is 0 Å². The van der Waals surface area contributed by atoms with Gasteiger partial charge in [-0.25, -0.2) is 0 Å². The Kier molecular flexibility index (Phi) is 3.64. The Bertz CT molecular complexity index is 296. The molecule has 7 unspecified atom stereocenters. The van der Waals surface area contributed by atoms with Crippen LogP contribution in [0.1, 0.15) is 52.4 Å². The molecule has 1 radical (unpaired) electrons. The van der Waals surface area contributed by atoms with Crippen molar-refractivity contribution in [2.24, 2.45) is 35.5 Å². The minimum absolute atomic E-state index is 0.0802. The minimum Gasteiger partial charge on any atom is -0.0710 e. The highest BCUT2D eigenvalue weighted by Crippen LogP contribution is 2.59. The standard InChI is InChI=1S/C17H31Si/c1-11-5-6-13-7-8-14-16(15(13)9-11)10-12(2)17(14)18(3)4/h11-17H,5-10H2,1-4H3. The fraction of sp³-hybridized carbons (Fsp3) is 1.00. The normalized spacial score (nSPS) is 52.2. The molecule has 3 aliphatic rings. The SMILES string of the molecule is CC1CCC2CCC3C(CC(C)C3[Si](C)C)C2C1. The molecule has 103 valence electrons. The van der Waals surface area contributed by atoms with Crippen molar-refractivity contribution in [3.63, 3.8) is 0 Å². The molecular weight excluding hydrogens is 232 g/mol. The van der Waals surface area contributed by atoms with Gasteiger partial charge in [0.1, 0.15) is 0 Å². The summed E-state index contributed by atoms with van der Waals surface area (Å²) in [5.41, 5.74) is 1.14. The quantitative estimate of drug-likeness (QED) is 0.568. The van der Waals surface area contributed by atoms with E-state index in [-0.39, 0.29) is 8.80 Å². The van der Waals surface area contributed by atoms with E-state index in [1.165, 1.54) is 6.42 Å². The molecule has 0 aliphatic heterocycles. The Morgan fingerprint density at radius 2 is 1.50 bits per heavy atom. The summed E-state index contributed by atoms with van der Waals surface area (Å²) in [5.74, 6) is 6.58. The molecule has 18 heavy (non-hydrogen) atoms. The maximum atomic E-state index is 2.57. The largest absolute Gasteiger partial charge is 0.0710 e. The molecule has 0 nitrogen and oxygen atoms in total. The smallest absolute Gasteiger partial charge is 0.0451 e. The Labute approximate surface area is 116 Å². The molecule has 7 atom stereocenters. The van der Waals surface area contributed by atoms with Crippen molar-refractivity contribution >= 4 is 8.80 Å². The maximum absolute atomic E-state index is 2.57. The van der Waals surface area contributed by atoms with Crippen LogP contribution in [0, 0.1) is 35.5 Å². The average molecular weight is 264 g/mol. The maximum Gasteiger partial charge on any atom is 0.0451 e. The van der Waals surface area contributed by atoms with Crippen LogP contribution < -0.4 is 0 Å². The van der Waals surface area contributed by atoms with Crippen LogP contribution >= 0.6 is 0 Å². The van der Waals surface area contributed by atoms with Gasteiger partial charge >= 0.3 is 0 Å². The number of hydrogen-bond acceptors (Lipinski definition) is 0. The molecule has 3 fully saturated rings. The van der Waals surface area contributed by atoms with E-state index < -0.39 is 0 Å². The van der Waals surface area contributed by atoms with Crippen molar-refractivity contribution in [3.8, 4) is 0 Å². The first-order valence-electron chi connectivity index (χ1n) is 8.38. The zero-order valence-corrected chi connectivity index (χ0v) is 13.8. The monoisotopic (exact) mass is 263 g/mol. The number of rotatable bonds is 1. The van der Waals surface area contributed by atoms with E-state index in [0.29, 0.717) is 0 Å². The Hall–Kier alpha value is 0.217. The van der Waals surface area contributed by atoms with Crippen molar-refractivity contribution < 1.29 is 0 Å². The highest BCUT2D eigenvalue weighted by Gasteiger charge is 2.50. The van der Waals surface area contributed by atoms with Crippen LogP contribution in [0.2, 0.25) is 18.6 Å². The van der Waals surface area contributed by atoms with Crippen LogP contribution in [0.3, 0.4) is 0 Å². The lowest BCUT2D eigenvalue weighted by Gasteiger charge is -2.46. The predicted molar refractivity (Wildman–Crippen MR) is 81.2 cm³/mol. The van der Waals surface area contributed by atoms with Gasteiger partial charge in [-0.15, -0.1) is 0 Å². The van der Waals surface area contributed by atoms with E-state index in [2.05, 4.69) is 26.9 Å². The molecule has 0 aromatic rings. The number of fused-ring (bicyclic) bond motifs is 3. The van der Waals surface area contributed by atoms with Gasteiger partial charge < -0.3 is 0 Å². The topological polar surface area (TPSA) is 0 Å². The van der Waals surface area contributed by atoms with Gasteiger partial charge in [0.2, 0.25) is 0 Å². The summed E-state index contributed by atoms with van der Waals surface area (Å²) >= 11 is 0. The van der Waals surface area contributed by atoms with E-state index in [1.54, 1.807) is 32.1 Å². The van der Waals surface area contributed by atoms with Gasteiger partial charge in [0.25, 0.3) is 0 Å². The van der Waals surface area contributed by atoms with Crippen LogP contribution in [0.25, 0.3) is 0 Å². The molecule has 0 saturated heterocycles. The predicted octanol–water partition coefficient (Wildman–Crippen LogP) is 5.23. The third kappa shape index (κ3) is 2.11. The first kappa shape index (κ1) is 13.2. The summed E-state index contributed by atoms with van der Waals surface area (Å²) in [6.45, 7) is 10.2. The lowest BCUT2D eigenvalue weighted by atomic mass is 9.60. The number of hydrogen-bond donors (Lipinski definition) is 0. The van der Waals surface area contributed by atoms with Crippen molar-refractivity contribution in [3.05, 3.63) is 0 Å². The fourth-order valence-corrected chi connectivity index (χ4v) is 8.64. The van der Waals surface area contributed by atoms with Gasteiger partial charge in [0, 0.05) is 8.80 Å². The third-order valence-electron chi connectivity index (χ3n) is 6.67. The van der Waals surface area contributed by atoms with Crippen LogP contribution in [-0.2, 0) is 0 Å². The summed E-state index contributed by atoms with van der Waals surface area (Å²) in [6.07, 6.45) is 9.40. The second kappa shape index (κ2) is 4.96. The highest BCUT2D eigenvalue weighted by molar-refractivity contribution is 6.57.